The van der Waals surface area contributed by atoms with Gasteiger partial charge in [-0.15, -0.1) is 0 Å². The van der Waals surface area contributed by atoms with Gasteiger partial charge in [-0.3, -0.25) is 4.79 Å². The Hall–Kier alpha value is -1.80. The fourth-order valence-corrected chi connectivity index (χ4v) is 2.11. The molecule has 2 aromatic rings. The Morgan fingerprint density at radius 1 is 1.11 bits per heavy atom. The maximum absolute atomic E-state index is 12.0. The second-order valence-corrected chi connectivity index (χ2v) is 4.79. The summed E-state index contributed by atoms with van der Waals surface area (Å²) in [5, 5.41) is 3.31. The predicted molar refractivity (Wildman–Crippen MR) is 79.8 cm³/mol. The molecular formula is C16H16ClNO. The maximum atomic E-state index is 12.0. The van der Waals surface area contributed by atoms with Crippen molar-refractivity contribution in [3.63, 3.8) is 0 Å². The average Bonchev–Trinajstić information content (AvgIpc) is 2.42. The zero-order valence-corrected chi connectivity index (χ0v) is 11.6. The molecule has 19 heavy (non-hydrogen) atoms. The molecule has 2 nitrogen and oxygen atoms in total. The molecular weight excluding hydrogens is 258 g/mol. The van der Waals surface area contributed by atoms with E-state index in [1.165, 1.54) is 5.56 Å². The third-order valence-electron chi connectivity index (χ3n) is 2.87. The molecule has 0 saturated carbocycles. The van der Waals surface area contributed by atoms with Gasteiger partial charge in [0.25, 0.3) is 5.91 Å². The highest BCUT2D eigenvalue weighted by Gasteiger charge is 2.09. The first-order valence-electron chi connectivity index (χ1n) is 6.35. The number of hydrogen-bond acceptors (Lipinski definition) is 1. The van der Waals surface area contributed by atoms with E-state index in [-0.39, 0.29) is 5.91 Å². The lowest BCUT2D eigenvalue weighted by molar-refractivity contribution is 0.102. The molecule has 0 saturated heterocycles. The van der Waals surface area contributed by atoms with Gasteiger partial charge < -0.3 is 5.32 Å². The molecule has 0 aliphatic carbocycles. The van der Waals surface area contributed by atoms with Gasteiger partial charge in [0.05, 0.1) is 10.6 Å². The first-order chi connectivity index (χ1) is 9.20. The van der Waals surface area contributed by atoms with Crippen molar-refractivity contribution in [1.29, 1.82) is 0 Å². The maximum Gasteiger partial charge on any atom is 0.257 e. The lowest BCUT2D eigenvalue weighted by atomic mass is 10.1. The minimum absolute atomic E-state index is 0.186. The van der Waals surface area contributed by atoms with Crippen molar-refractivity contribution >= 4 is 23.2 Å². The Labute approximate surface area is 118 Å². The van der Waals surface area contributed by atoms with Crippen LogP contribution in [0.5, 0.6) is 0 Å². The van der Waals surface area contributed by atoms with Crippen molar-refractivity contribution in [3.8, 4) is 0 Å². The van der Waals surface area contributed by atoms with Crippen molar-refractivity contribution in [1.82, 2.24) is 0 Å². The summed E-state index contributed by atoms with van der Waals surface area (Å²) < 4.78 is 0. The van der Waals surface area contributed by atoms with E-state index in [1.807, 2.05) is 24.3 Å². The van der Waals surface area contributed by atoms with E-state index in [0.717, 1.165) is 18.5 Å². The topological polar surface area (TPSA) is 29.1 Å². The van der Waals surface area contributed by atoms with Gasteiger partial charge in [0.2, 0.25) is 0 Å². The van der Waals surface area contributed by atoms with E-state index in [0.29, 0.717) is 10.6 Å². The SMILES string of the molecule is CCCc1ccc(NC(=O)c2ccccc2Cl)cc1. The molecule has 3 heteroatoms. The molecule has 0 atom stereocenters. The molecule has 0 radical (unpaired) electrons. The minimum atomic E-state index is -0.186. The third kappa shape index (κ3) is 3.58. The zero-order valence-electron chi connectivity index (χ0n) is 10.8. The lowest BCUT2D eigenvalue weighted by Crippen LogP contribution is -2.12. The van der Waals surface area contributed by atoms with Crippen molar-refractivity contribution in [2.75, 3.05) is 5.32 Å². The fraction of sp³-hybridized carbons (Fsp3) is 0.188. The van der Waals surface area contributed by atoms with Crippen LogP contribution < -0.4 is 5.32 Å². The van der Waals surface area contributed by atoms with Gasteiger partial charge in [0.15, 0.2) is 0 Å². The smallest absolute Gasteiger partial charge is 0.257 e. The van der Waals surface area contributed by atoms with Gasteiger partial charge in [-0.2, -0.15) is 0 Å². The quantitative estimate of drug-likeness (QED) is 0.870. The number of hydrogen-bond donors (Lipinski definition) is 1. The van der Waals surface area contributed by atoms with Crippen LogP contribution in [0.25, 0.3) is 0 Å². The molecule has 98 valence electrons. The van der Waals surface area contributed by atoms with E-state index in [9.17, 15) is 4.79 Å². The number of carbonyl (C=O) groups excluding carboxylic acids is 1. The standard InChI is InChI=1S/C16H16ClNO/c1-2-5-12-8-10-13(11-9-12)18-16(19)14-6-3-4-7-15(14)17/h3-4,6-11H,2,5H2,1H3,(H,18,19). The molecule has 0 fully saturated rings. The van der Waals surface area contributed by atoms with Crippen molar-refractivity contribution in [2.45, 2.75) is 19.8 Å². The Kier molecular flexibility index (Phi) is 4.58. The predicted octanol–water partition coefficient (Wildman–Crippen LogP) is 4.54. The molecule has 1 N–H and O–H groups in total. The van der Waals surface area contributed by atoms with Gasteiger partial charge in [0, 0.05) is 5.69 Å². The van der Waals surface area contributed by atoms with Gasteiger partial charge in [-0.05, 0) is 36.2 Å². The van der Waals surface area contributed by atoms with Crippen LogP contribution in [0.1, 0.15) is 29.3 Å². The number of rotatable bonds is 4. The van der Waals surface area contributed by atoms with Crippen LogP contribution in [0.3, 0.4) is 0 Å². The second kappa shape index (κ2) is 6.39. The van der Waals surface area contributed by atoms with Gasteiger partial charge in [-0.25, -0.2) is 0 Å². The number of halogens is 1. The summed E-state index contributed by atoms with van der Waals surface area (Å²) in [6, 6.07) is 14.9. The summed E-state index contributed by atoms with van der Waals surface area (Å²) in [5.41, 5.74) is 2.55. The number of carbonyl (C=O) groups is 1. The van der Waals surface area contributed by atoms with Crippen LogP contribution in [-0.2, 0) is 6.42 Å². The van der Waals surface area contributed by atoms with Gasteiger partial charge in [0.1, 0.15) is 0 Å². The van der Waals surface area contributed by atoms with Gasteiger partial charge >= 0.3 is 0 Å². The lowest BCUT2D eigenvalue weighted by Gasteiger charge is -2.07. The molecule has 1 amide bonds. The Balaban J connectivity index is 2.09. The van der Waals surface area contributed by atoms with Crippen LogP contribution in [0.2, 0.25) is 5.02 Å². The number of aryl methyl sites for hydroxylation is 1. The first kappa shape index (κ1) is 13.6. The van der Waals surface area contributed by atoms with Crippen LogP contribution in [0.15, 0.2) is 48.5 Å². The fourth-order valence-electron chi connectivity index (χ4n) is 1.89. The van der Waals surface area contributed by atoms with E-state index < -0.39 is 0 Å². The van der Waals surface area contributed by atoms with Crippen LogP contribution in [0, 0.1) is 0 Å². The molecule has 0 bridgehead atoms. The molecule has 0 heterocycles. The summed E-state index contributed by atoms with van der Waals surface area (Å²) in [6.07, 6.45) is 2.17. The minimum Gasteiger partial charge on any atom is -0.322 e. The Morgan fingerprint density at radius 2 is 1.79 bits per heavy atom. The summed E-state index contributed by atoms with van der Waals surface area (Å²) in [7, 11) is 0. The summed E-state index contributed by atoms with van der Waals surface area (Å²) in [6.45, 7) is 2.15. The van der Waals surface area contributed by atoms with E-state index in [1.54, 1.807) is 24.3 Å². The molecule has 0 aromatic heterocycles. The van der Waals surface area contributed by atoms with E-state index in [4.69, 9.17) is 11.6 Å². The number of amides is 1. The summed E-state index contributed by atoms with van der Waals surface area (Å²) in [5.74, 6) is -0.186. The van der Waals surface area contributed by atoms with E-state index in [2.05, 4.69) is 12.2 Å². The molecule has 0 aliphatic rings. The van der Waals surface area contributed by atoms with Crippen molar-refractivity contribution < 1.29 is 4.79 Å². The monoisotopic (exact) mass is 273 g/mol. The highest BCUT2D eigenvalue weighted by Crippen LogP contribution is 2.17. The summed E-state index contributed by atoms with van der Waals surface area (Å²) >= 11 is 5.99. The van der Waals surface area contributed by atoms with Crippen LogP contribution >= 0.6 is 11.6 Å². The average molecular weight is 274 g/mol. The third-order valence-corrected chi connectivity index (χ3v) is 3.20. The highest BCUT2D eigenvalue weighted by molar-refractivity contribution is 6.34. The second-order valence-electron chi connectivity index (χ2n) is 4.38. The largest absolute Gasteiger partial charge is 0.322 e. The Bertz CT molecular complexity index is 563. The molecule has 2 rings (SSSR count). The first-order valence-corrected chi connectivity index (χ1v) is 6.73. The van der Waals surface area contributed by atoms with Crippen LogP contribution in [-0.4, -0.2) is 5.91 Å². The van der Waals surface area contributed by atoms with Gasteiger partial charge in [-0.1, -0.05) is 49.2 Å². The molecule has 0 unspecified atom stereocenters. The number of nitrogens with one attached hydrogen (secondary N) is 1. The Morgan fingerprint density at radius 3 is 2.42 bits per heavy atom. The van der Waals surface area contributed by atoms with E-state index >= 15 is 0 Å². The molecule has 2 aromatic carbocycles. The van der Waals surface area contributed by atoms with Crippen molar-refractivity contribution in [2.24, 2.45) is 0 Å². The number of benzene rings is 2. The van der Waals surface area contributed by atoms with Crippen LogP contribution in [0.4, 0.5) is 5.69 Å². The zero-order chi connectivity index (χ0) is 13.7. The normalized spacial score (nSPS) is 10.2. The number of anilines is 1. The molecule has 0 aliphatic heterocycles. The molecule has 0 spiro atoms. The highest BCUT2D eigenvalue weighted by atomic mass is 35.5. The van der Waals surface area contributed by atoms with Crippen molar-refractivity contribution in [3.05, 3.63) is 64.7 Å². The summed E-state index contributed by atoms with van der Waals surface area (Å²) in [4.78, 5) is 12.0.